The van der Waals surface area contributed by atoms with Crippen molar-refractivity contribution in [1.82, 2.24) is 31.1 Å². The predicted octanol–water partition coefficient (Wildman–Crippen LogP) is 0.172. The van der Waals surface area contributed by atoms with E-state index in [0.717, 1.165) is 9.80 Å². The lowest BCUT2D eigenvalue weighted by atomic mass is 10.4. The maximum atomic E-state index is 10.6. The van der Waals surface area contributed by atoms with Crippen molar-refractivity contribution >= 4 is 23.9 Å². The minimum absolute atomic E-state index is 0.0555. The Labute approximate surface area is 333 Å². The summed E-state index contributed by atoms with van der Waals surface area (Å²) < 4.78 is 39.5. The minimum Gasteiger partial charge on any atom is -0.480 e. The first kappa shape index (κ1) is 62.5. The van der Waals surface area contributed by atoms with Crippen LogP contribution in [-0.2, 0) is 57.1 Å². The van der Waals surface area contributed by atoms with Crippen molar-refractivity contribution in [2.75, 3.05) is 96.1 Å². The molecule has 0 spiro atoms. The Hall–Kier alpha value is -2.68. The first-order valence-electron chi connectivity index (χ1n) is 17.6. The zero-order chi connectivity index (χ0) is 44.8. The van der Waals surface area contributed by atoms with Gasteiger partial charge in [-0.15, -0.1) is 0 Å². The Kier molecular flexibility index (Phi) is 46.8. The van der Waals surface area contributed by atoms with Crippen LogP contribution in [0.25, 0.3) is 0 Å². The second-order valence-corrected chi connectivity index (χ2v) is 11.7. The fourth-order valence-corrected chi connectivity index (χ4v) is 3.34. The van der Waals surface area contributed by atoms with Gasteiger partial charge >= 0.3 is 23.9 Å². The maximum Gasteiger partial charge on any atom is 0.317 e. The van der Waals surface area contributed by atoms with Gasteiger partial charge in [0.25, 0.3) is 0 Å². The molecule has 0 aromatic heterocycles. The van der Waals surface area contributed by atoms with Crippen LogP contribution < -0.4 is 21.3 Å². The van der Waals surface area contributed by atoms with E-state index in [9.17, 15) is 19.2 Å². The van der Waals surface area contributed by atoms with E-state index in [4.69, 9.17) is 58.3 Å². The zero-order valence-corrected chi connectivity index (χ0v) is 36.4. The topological polar surface area (TPSA) is 278 Å². The third-order valence-electron chi connectivity index (χ3n) is 6.87. The molecule has 22 heteroatoms. The molecule has 0 saturated heterocycles. The summed E-state index contributed by atoms with van der Waals surface area (Å²) in [4.78, 5) is 44.4. The van der Waals surface area contributed by atoms with Crippen molar-refractivity contribution in [3.63, 3.8) is 0 Å². The second kappa shape index (κ2) is 41.9. The summed E-state index contributed by atoms with van der Waals surface area (Å²) in [6.07, 6.45) is 0.444. The van der Waals surface area contributed by atoms with Crippen molar-refractivity contribution in [3.8, 4) is 0 Å². The van der Waals surface area contributed by atoms with Crippen molar-refractivity contribution in [3.05, 3.63) is 0 Å². The fraction of sp³-hybridized carbons (Fsp3) is 0.882. The molecular formula is C34H76N6O16. The summed E-state index contributed by atoms with van der Waals surface area (Å²) in [6, 6.07) is 0. The highest BCUT2D eigenvalue weighted by Gasteiger charge is 2.18. The molecule has 0 radical (unpaired) electrons. The molecule has 22 nitrogen and oxygen atoms in total. The summed E-state index contributed by atoms with van der Waals surface area (Å²) in [6.45, 7) is 13.2. The van der Waals surface area contributed by atoms with Crippen LogP contribution in [-0.4, -0.2) is 200 Å². The number of ether oxygens (including phenoxy) is 8. The molecule has 338 valence electrons. The molecule has 56 heavy (non-hydrogen) atoms. The van der Waals surface area contributed by atoms with Crippen molar-refractivity contribution < 1.29 is 77.5 Å². The SMILES string of the molecule is COC(C)NC(C)OC.COC(C)NC(C)OC.COC(C)NC(C)OC.COC(C)NC(C)OC.O=C(O)CN(CCN(CC(=O)O)CC(=O)O)CC(=O)O. The van der Waals surface area contributed by atoms with Crippen molar-refractivity contribution in [2.45, 2.75) is 105 Å². The molecule has 0 fully saturated rings. The van der Waals surface area contributed by atoms with Gasteiger partial charge in [-0.3, -0.25) is 50.2 Å². The average molecular weight is 825 g/mol. The molecule has 8 atom stereocenters. The molecule has 0 bridgehead atoms. The Morgan fingerprint density at radius 3 is 0.571 bits per heavy atom. The first-order valence-corrected chi connectivity index (χ1v) is 17.6. The smallest absolute Gasteiger partial charge is 0.317 e. The molecule has 0 aromatic rings. The van der Waals surface area contributed by atoms with Gasteiger partial charge in [0.2, 0.25) is 0 Å². The highest BCUT2D eigenvalue weighted by molar-refractivity contribution is 5.73. The number of hydrogen-bond acceptors (Lipinski definition) is 18. The molecule has 0 heterocycles. The molecule has 0 rings (SSSR count). The summed E-state index contributed by atoms with van der Waals surface area (Å²) in [5.41, 5.74) is 0. The van der Waals surface area contributed by atoms with Gasteiger partial charge in [0.1, 0.15) is 49.8 Å². The molecule has 8 unspecified atom stereocenters. The highest BCUT2D eigenvalue weighted by Crippen LogP contribution is 1.95. The lowest BCUT2D eigenvalue weighted by Crippen LogP contribution is -2.43. The molecule has 0 aliphatic heterocycles. The quantitative estimate of drug-likeness (QED) is 0.0513. The summed E-state index contributed by atoms with van der Waals surface area (Å²) >= 11 is 0. The van der Waals surface area contributed by atoms with E-state index in [-0.39, 0.29) is 62.9 Å². The number of nitrogens with zero attached hydrogens (tertiary/aromatic N) is 2. The number of hydrogen-bond donors (Lipinski definition) is 8. The van der Waals surface area contributed by atoms with Gasteiger partial charge in [0.05, 0.1) is 26.2 Å². The molecule has 0 aliphatic carbocycles. The van der Waals surface area contributed by atoms with Crippen LogP contribution in [0.2, 0.25) is 0 Å². The lowest BCUT2D eigenvalue weighted by Gasteiger charge is -2.23. The highest BCUT2D eigenvalue weighted by atomic mass is 16.5. The number of methoxy groups -OCH3 is 8. The van der Waals surface area contributed by atoms with E-state index in [0.29, 0.717) is 0 Å². The van der Waals surface area contributed by atoms with Gasteiger partial charge < -0.3 is 58.3 Å². The Morgan fingerprint density at radius 2 is 0.482 bits per heavy atom. The standard InChI is InChI=1S/C10H16N2O8.4C6H15NO2/c13-7(14)3-11(4-8(15)16)1-2-12(5-9(17)18)6-10(19)20;4*1-5(8-3)7-6(2)9-4/h1-6H2,(H,13,14)(H,15,16)(H,17,18)(H,19,20);4*5-7H,1-4H3. The fourth-order valence-electron chi connectivity index (χ4n) is 3.34. The third-order valence-corrected chi connectivity index (χ3v) is 6.87. The number of nitrogens with one attached hydrogen (secondary N) is 4. The van der Waals surface area contributed by atoms with Crippen LogP contribution in [0.5, 0.6) is 0 Å². The van der Waals surface area contributed by atoms with Gasteiger partial charge in [0.15, 0.2) is 0 Å². The van der Waals surface area contributed by atoms with E-state index in [1.165, 1.54) is 0 Å². The Balaban J connectivity index is -0.000000205. The number of aliphatic carboxylic acids is 4. The molecular weight excluding hydrogens is 748 g/mol. The second-order valence-electron chi connectivity index (χ2n) is 11.7. The van der Waals surface area contributed by atoms with E-state index in [1.54, 1.807) is 56.9 Å². The number of carboxylic acids is 4. The van der Waals surface area contributed by atoms with Gasteiger partial charge in [-0.1, -0.05) is 0 Å². The van der Waals surface area contributed by atoms with Gasteiger partial charge in [0, 0.05) is 70.0 Å². The third kappa shape index (κ3) is 51.3. The molecule has 0 aliphatic rings. The lowest BCUT2D eigenvalue weighted by molar-refractivity contribution is -0.145. The molecule has 0 amide bonds. The molecule has 8 N–H and O–H groups in total. The summed E-state index contributed by atoms with van der Waals surface area (Å²) in [5, 5.41) is 46.6. The Bertz CT molecular complexity index is 773. The zero-order valence-electron chi connectivity index (χ0n) is 36.4. The number of rotatable bonds is 27. The predicted molar refractivity (Wildman–Crippen MR) is 208 cm³/mol. The summed E-state index contributed by atoms with van der Waals surface area (Å²) in [5.74, 6) is -4.91. The van der Waals surface area contributed by atoms with Crippen LogP contribution >= 0.6 is 0 Å². The van der Waals surface area contributed by atoms with Crippen LogP contribution in [0, 0.1) is 0 Å². The summed E-state index contributed by atoms with van der Waals surface area (Å²) in [7, 11) is 13.2. The van der Waals surface area contributed by atoms with E-state index in [1.807, 2.05) is 55.4 Å². The van der Waals surface area contributed by atoms with Gasteiger partial charge in [-0.05, 0) is 55.4 Å². The Morgan fingerprint density at radius 1 is 0.357 bits per heavy atom. The van der Waals surface area contributed by atoms with E-state index in [2.05, 4.69) is 21.3 Å². The molecule has 0 aromatic carbocycles. The van der Waals surface area contributed by atoms with Crippen LogP contribution in [0.15, 0.2) is 0 Å². The van der Waals surface area contributed by atoms with Crippen LogP contribution in [0.1, 0.15) is 55.4 Å². The largest absolute Gasteiger partial charge is 0.480 e. The van der Waals surface area contributed by atoms with E-state index < -0.39 is 50.1 Å². The normalized spacial score (nSPS) is 15.0. The van der Waals surface area contributed by atoms with Gasteiger partial charge in [-0.2, -0.15) is 0 Å². The molecule has 0 saturated carbocycles. The van der Waals surface area contributed by atoms with Gasteiger partial charge in [-0.25, -0.2) is 0 Å². The van der Waals surface area contributed by atoms with Crippen LogP contribution in [0.4, 0.5) is 0 Å². The number of carbonyl (C=O) groups is 4. The number of carboxylic acid groups (broad SMARTS) is 4. The van der Waals surface area contributed by atoms with Crippen molar-refractivity contribution in [1.29, 1.82) is 0 Å². The minimum atomic E-state index is -1.23. The van der Waals surface area contributed by atoms with Crippen molar-refractivity contribution in [2.24, 2.45) is 0 Å². The maximum absolute atomic E-state index is 10.6. The monoisotopic (exact) mass is 825 g/mol. The van der Waals surface area contributed by atoms with Crippen LogP contribution in [0.3, 0.4) is 0 Å². The first-order chi connectivity index (χ1) is 26.0. The average Bonchev–Trinajstić information content (AvgIpc) is 3.13. The van der Waals surface area contributed by atoms with E-state index >= 15 is 0 Å².